The molecule has 3 rings (SSSR count). The van der Waals surface area contributed by atoms with Gasteiger partial charge in [0.2, 0.25) is 5.91 Å². The number of carbonyl (C=O) groups is 2. The molecule has 142 valence electrons. The third kappa shape index (κ3) is 5.09. The molecule has 2 aromatic rings. The Morgan fingerprint density at radius 2 is 1.78 bits per heavy atom. The molecule has 5 heteroatoms. The van der Waals surface area contributed by atoms with Gasteiger partial charge < -0.3 is 15.0 Å². The average molecular weight is 366 g/mol. The minimum Gasteiger partial charge on any atom is -0.484 e. The normalized spacial score (nSPS) is 14.3. The smallest absolute Gasteiger partial charge is 0.262 e. The molecule has 27 heavy (non-hydrogen) atoms. The van der Waals surface area contributed by atoms with E-state index in [0.717, 1.165) is 25.1 Å². The van der Waals surface area contributed by atoms with Gasteiger partial charge in [0, 0.05) is 24.3 Å². The maximum Gasteiger partial charge on any atom is 0.262 e. The summed E-state index contributed by atoms with van der Waals surface area (Å²) in [5.74, 6) is 1.08. The first kappa shape index (κ1) is 19.0. The first-order valence-corrected chi connectivity index (χ1v) is 9.46. The topological polar surface area (TPSA) is 58.6 Å². The van der Waals surface area contributed by atoms with Crippen LogP contribution in [0, 0.1) is 0 Å². The maximum atomic E-state index is 12.1. The summed E-state index contributed by atoms with van der Waals surface area (Å²) in [6, 6.07) is 15.1. The molecular formula is C22H26N2O3. The molecule has 1 aliphatic rings. The van der Waals surface area contributed by atoms with Crippen LogP contribution in [0.1, 0.15) is 44.6 Å². The van der Waals surface area contributed by atoms with Gasteiger partial charge in [0.05, 0.1) is 0 Å². The fourth-order valence-electron chi connectivity index (χ4n) is 3.10. The van der Waals surface area contributed by atoms with Gasteiger partial charge in [-0.15, -0.1) is 0 Å². The monoisotopic (exact) mass is 366 g/mol. The quantitative estimate of drug-likeness (QED) is 0.827. The second-order valence-corrected chi connectivity index (χ2v) is 7.11. The highest BCUT2D eigenvalue weighted by Crippen LogP contribution is 2.23. The molecule has 0 spiro atoms. The van der Waals surface area contributed by atoms with Crippen LogP contribution in [0.15, 0.2) is 48.5 Å². The van der Waals surface area contributed by atoms with Gasteiger partial charge in [-0.25, -0.2) is 0 Å². The molecule has 2 aromatic carbocycles. The Morgan fingerprint density at radius 1 is 1.07 bits per heavy atom. The summed E-state index contributed by atoms with van der Waals surface area (Å²) >= 11 is 0. The van der Waals surface area contributed by atoms with Crippen molar-refractivity contribution >= 4 is 23.2 Å². The van der Waals surface area contributed by atoms with E-state index in [1.54, 1.807) is 4.90 Å². The number of rotatable bonds is 6. The predicted octanol–water partition coefficient (Wildman–Crippen LogP) is 4.34. The van der Waals surface area contributed by atoms with Crippen molar-refractivity contribution < 1.29 is 14.3 Å². The van der Waals surface area contributed by atoms with Gasteiger partial charge in [-0.2, -0.15) is 0 Å². The minimum absolute atomic E-state index is 0.0482. The number of nitrogens with zero attached hydrogens (tertiary/aromatic N) is 1. The Balaban J connectivity index is 1.51. The van der Waals surface area contributed by atoms with E-state index >= 15 is 0 Å². The molecular weight excluding hydrogens is 340 g/mol. The first-order valence-electron chi connectivity index (χ1n) is 9.46. The largest absolute Gasteiger partial charge is 0.484 e. The van der Waals surface area contributed by atoms with E-state index in [1.807, 2.05) is 48.5 Å². The molecule has 0 aromatic heterocycles. The van der Waals surface area contributed by atoms with E-state index in [2.05, 4.69) is 19.2 Å². The number of anilines is 2. The van der Waals surface area contributed by atoms with Crippen molar-refractivity contribution in [2.24, 2.45) is 0 Å². The highest BCUT2D eigenvalue weighted by molar-refractivity contribution is 5.95. The molecule has 0 atom stereocenters. The van der Waals surface area contributed by atoms with Crippen molar-refractivity contribution in [3.8, 4) is 5.75 Å². The highest BCUT2D eigenvalue weighted by atomic mass is 16.5. The lowest BCUT2D eigenvalue weighted by atomic mass is 10.0. The number of hydrogen-bond donors (Lipinski definition) is 1. The van der Waals surface area contributed by atoms with Crippen molar-refractivity contribution in [2.45, 2.75) is 39.0 Å². The molecule has 1 saturated heterocycles. The Bertz CT molecular complexity index is 782. The summed E-state index contributed by atoms with van der Waals surface area (Å²) in [6.07, 6.45) is 2.59. The lowest BCUT2D eigenvalue weighted by molar-refractivity contribution is -0.119. The highest BCUT2D eigenvalue weighted by Gasteiger charge is 2.19. The van der Waals surface area contributed by atoms with E-state index in [1.165, 1.54) is 5.56 Å². The van der Waals surface area contributed by atoms with Crippen LogP contribution in [0.3, 0.4) is 0 Å². The second kappa shape index (κ2) is 8.71. The Labute approximate surface area is 160 Å². The Hall–Kier alpha value is -2.82. The van der Waals surface area contributed by atoms with Crippen molar-refractivity contribution in [1.29, 1.82) is 0 Å². The van der Waals surface area contributed by atoms with Crippen molar-refractivity contribution in [1.82, 2.24) is 0 Å². The third-order valence-corrected chi connectivity index (χ3v) is 4.70. The van der Waals surface area contributed by atoms with Crippen molar-refractivity contribution in [3.63, 3.8) is 0 Å². The van der Waals surface area contributed by atoms with Gasteiger partial charge >= 0.3 is 0 Å². The average Bonchev–Trinajstić information content (AvgIpc) is 2.68. The SMILES string of the molecule is CC(C)c1ccc(OCC(=O)Nc2ccc(N3CCCCC3=O)cc2)cc1. The molecule has 5 nitrogen and oxygen atoms in total. The number of amides is 2. The first-order chi connectivity index (χ1) is 13.0. The van der Waals surface area contributed by atoms with E-state index in [9.17, 15) is 9.59 Å². The van der Waals surface area contributed by atoms with E-state index < -0.39 is 0 Å². The summed E-state index contributed by atoms with van der Waals surface area (Å²) in [6.45, 7) is 4.98. The molecule has 1 heterocycles. The zero-order valence-electron chi connectivity index (χ0n) is 15.9. The van der Waals surface area contributed by atoms with Gasteiger partial charge in [0.15, 0.2) is 6.61 Å². The maximum absolute atomic E-state index is 12.1. The van der Waals surface area contributed by atoms with E-state index in [0.29, 0.717) is 23.8 Å². The zero-order valence-corrected chi connectivity index (χ0v) is 15.9. The van der Waals surface area contributed by atoms with Crippen LogP contribution in [0.2, 0.25) is 0 Å². The van der Waals surface area contributed by atoms with Crippen LogP contribution < -0.4 is 15.0 Å². The number of carbonyl (C=O) groups excluding carboxylic acids is 2. The molecule has 0 unspecified atom stereocenters. The lowest BCUT2D eigenvalue weighted by Crippen LogP contribution is -2.35. The number of nitrogens with one attached hydrogen (secondary N) is 1. The number of hydrogen-bond acceptors (Lipinski definition) is 3. The minimum atomic E-state index is -0.218. The number of ether oxygens (including phenoxy) is 1. The summed E-state index contributed by atoms with van der Waals surface area (Å²) in [5, 5.41) is 2.82. The van der Waals surface area contributed by atoms with E-state index in [4.69, 9.17) is 4.74 Å². The number of benzene rings is 2. The Morgan fingerprint density at radius 3 is 2.41 bits per heavy atom. The Kier molecular flexibility index (Phi) is 6.12. The second-order valence-electron chi connectivity index (χ2n) is 7.11. The van der Waals surface area contributed by atoms with Crippen LogP contribution in [-0.2, 0) is 9.59 Å². The van der Waals surface area contributed by atoms with Crippen LogP contribution in [0.4, 0.5) is 11.4 Å². The summed E-state index contributed by atoms with van der Waals surface area (Å²) < 4.78 is 5.54. The van der Waals surface area contributed by atoms with Crippen LogP contribution in [0.5, 0.6) is 5.75 Å². The van der Waals surface area contributed by atoms with Crippen molar-refractivity contribution in [2.75, 3.05) is 23.4 Å². The fourth-order valence-corrected chi connectivity index (χ4v) is 3.10. The van der Waals surface area contributed by atoms with Gasteiger partial charge in [-0.05, 0) is 60.7 Å². The number of piperidine rings is 1. The van der Waals surface area contributed by atoms with Gasteiger partial charge in [0.25, 0.3) is 5.91 Å². The molecule has 2 amide bonds. The molecule has 1 N–H and O–H groups in total. The third-order valence-electron chi connectivity index (χ3n) is 4.70. The van der Waals surface area contributed by atoms with Gasteiger partial charge in [0.1, 0.15) is 5.75 Å². The molecule has 0 bridgehead atoms. The summed E-state index contributed by atoms with van der Waals surface area (Å²) in [5.41, 5.74) is 2.80. The van der Waals surface area contributed by atoms with Gasteiger partial charge in [-0.1, -0.05) is 26.0 Å². The van der Waals surface area contributed by atoms with Crippen LogP contribution >= 0.6 is 0 Å². The molecule has 1 aliphatic heterocycles. The fraction of sp³-hybridized carbons (Fsp3) is 0.364. The van der Waals surface area contributed by atoms with Crippen molar-refractivity contribution in [3.05, 3.63) is 54.1 Å². The molecule has 0 radical (unpaired) electrons. The predicted molar refractivity (Wildman–Crippen MR) is 107 cm³/mol. The lowest BCUT2D eigenvalue weighted by Gasteiger charge is -2.26. The standard InChI is InChI=1S/C22H26N2O3/c1-16(2)17-6-12-20(13-7-17)27-15-21(25)23-18-8-10-19(11-9-18)24-14-4-3-5-22(24)26/h6-13,16H,3-5,14-15H2,1-2H3,(H,23,25). The van der Waals surface area contributed by atoms with Gasteiger partial charge in [-0.3, -0.25) is 9.59 Å². The molecule has 1 fully saturated rings. The van der Waals surface area contributed by atoms with Crippen LogP contribution in [-0.4, -0.2) is 25.0 Å². The summed E-state index contributed by atoms with van der Waals surface area (Å²) in [4.78, 5) is 25.9. The van der Waals surface area contributed by atoms with Crippen LogP contribution in [0.25, 0.3) is 0 Å². The molecule has 0 aliphatic carbocycles. The molecule has 0 saturated carbocycles. The summed E-state index contributed by atoms with van der Waals surface area (Å²) in [7, 11) is 0. The zero-order chi connectivity index (χ0) is 19.2. The van der Waals surface area contributed by atoms with E-state index in [-0.39, 0.29) is 18.4 Å².